The SMILES string of the molecule is Cc1cccc(C(C)C)c1NC(=O)[C@H](C)Sc1nnc(-c2ccco2)n1N. The van der Waals surface area contributed by atoms with Crippen LogP contribution in [0.2, 0.25) is 0 Å². The molecule has 0 saturated carbocycles. The summed E-state index contributed by atoms with van der Waals surface area (Å²) in [7, 11) is 0. The second-order valence-electron chi connectivity index (χ2n) is 6.60. The molecule has 0 bridgehead atoms. The van der Waals surface area contributed by atoms with Crippen molar-refractivity contribution in [3.63, 3.8) is 0 Å². The number of aryl methyl sites for hydroxylation is 1. The lowest BCUT2D eigenvalue weighted by Crippen LogP contribution is -2.25. The molecule has 0 aliphatic rings. The minimum absolute atomic E-state index is 0.112. The van der Waals surface area contributed by atoms with Crippen LogP contribution in [0.4, 0.5) is 5.69 Å². The highest BCUT2D eigenvalue weighted by atomic mass is 32.2. The Hall–Kier alpha value is -2.74. The van der Waals surface area contributed by atoms with Gasteiger partial charge in [0.15, 0.2) is 5.76 Å². The van der Waals surface area contributed by atoms with Crippen LogP contribution >= 0.6 is 11.8 Å². The van der Waals surface area contributed by atoms with Gasteiger partial charge in [-0.05, 0) is 43.0 Å². The Morgan fingerprint density at radius 2 is 2.00 bits per heavy atom. The summed E-state index contributed by atoms with van der Waals surface area (Å²) in [6, 6.07) is 9.54. The quantitative estimate of drug-likeness (QED) is 0.494. The molecule has 1 aromatic carbocycles. The molecule has 0 aliphatic carbocycles. The fourth-order valence-electron chi connectivity index (χ4n) is 2.71. The smallest absolute Gasteiger partial charge is 0.237 e. The van der Waals surface area contributed by atoms with Gasteiger partial charge < -0.3 is 15.6 Å². The van der Waals surface area contributed by atoms with Crippen LogP contribution in [0, 0.1) is 6.92 Å². The first kappa shape index (κ1) is 19.0. The highest BCUT2D eigenvalue weighted by Gasteiger charge is 2.22. The molecule has 0 aliphatic heterocycles. The lowest BCUT2D eigenvalue weighted by Gasteiger charge is -2.18. The van der Waals surface area contributed by atoms with E-state index in [1.54, 1.807) is 18.4 Å². The molecular formula is C19H23N5O2S. The number of nitrogens with two attached hydrogens (primary N) is 1. The molecule has 0 radical (unpaired) electrons. The molecule has 27 heavy (non-hydrogen) atoms. The first-order chi connectivity index (χ1) is 12.9. The summed E-state index contributed by atoms with van der Waals surface area (Å²) in [5.41, 5.74) is 3.02. The summed E-state index contributed by atoms with van der Waals surface area (Å²) >= 11 is 1.25. The highest BCUT2D eigenvalue weighted by Crippen LogP contribution is 2.29. The van der Waals surface area contributed by atoms with E-state index in [1.807, 2.05) is 32.0 Å². The van der Waals surface area contributed by atoms with Crippen LogP contribution < -0.4 is 11.2 Å². The number of hydrogen-bond donors (Lipinski definition) is 2. The molecule has 0 saturated heterocycles. The third-order valence-electron chi connectivity index (χ3n) is 4.23. The topological polar surface area (TPSA) is 99.0 Å². The van der Waals surface area contributed by atoms with Crippen molar-refractivity contribution in [2.45, 2.75) is 44.0 Å². The number of furan rings is 1. The van der Waals surface area contributed by atoms with Gasteiger partial charge in [-0.25, -0.2) is 4.68 Å². The van der Waals surface area contributed by atoms with E-state index >= 15 is 0 Å². The number of nitrogen functional groups attached to an aromatic ring is 1. The number of carbonyl (C=O) groups excluding carboxylic acids is 1. The average Bonchev–Trinajstić information content (AvgIpc) is 3.27. The van der Waals surface area contributed by atoms with Gasteiger partial charge in [-0.1, -0.05) is 43.8 Å². The molecule has 3 N–H and O–H groups in total. The van der Waals surface area contributed by atoms with Crippen molar-refractivity contribution in [1.29, 1.82) is 0 Å². The molecule has 0 fully saturated rings. The number of nitrogens with one attached hydrogen (secondary N) is 1. The van der Waals surface area contributed by atoms with Crippen molar-refractivity contribution in [2.24, 2.45) is 0 Å². The highest BCUT2D eigenvalue weighted by molar-refractivity contribution is 8.00. The Kier molecular flexibility index (Phi) is 5.55. The van der Waals surface area contributed by atoms with Gasteiger partial charge in [0, 0.05) is 5.69 Å². The maximum Gasteiger partial charge on any atom is 0.237 e. The summed E-state index contributed by atoms with van der Waals surface area (Å²) in [5.74, 6) is 7.20. The Morgan fingerprint density at radius 3 is 2.67 bits per heavy atom. The molecule has 3 aromatic rings. The third-order valence-corrected chi connectivity index (χ3v) is 5.29. The van der Waals surface area contributed by atoms with Gasteiger partial charge in [0.1, 0.15) is 0 Å². The van der Waals surface area contributed by atoms with Crippen molar-refractivity contribution < 1.29 is 9.21 Å². The van der Waals surface area contributed by atoms with Gasteiger partial charge in [-0.2, -0.15) is 0 Å². The number of nitrogens with zero attached hydrogens (tertiary/aromatic N) is 3. The van der Waals surface area contributed by atoms with Crippen molar-refractivity contribution in [3.8, 4) is 11.6 Å². The summed E-state index contributed by atoms with van der Waals surface area (Å²) in [6.45, 7) is 8.02. The summed E-state index contributed by atoms with van der Waals surface area (Å²) in [6.07, 6.45) is 1.54. The number of anilines is 1. The van der Waals surface area contributed by atoms with Crippen LogP contribution in [-0.2, 0) is 4.79 Å². The number of carbonyl (C=O) groups is 1. The maximum absolute atomic E-state index is 12.7. The zero-order valence-corrected chi connectivity index (χ0v) is 16.6. The third kappa shape index (κ3) is 4.00. The maximum atomic E-state index is 12.7. The van der Waals surface area contributed by atoms with E-state index < -0.39 is 5.25 Å². The molecule has 1 amide bonds. The van der Waals surface area contributed by atoms with Gasteiger partial charge in [0.05, 0.1) is 11.5 Å². The Labute approximate surface area is 162 Å². The summed E-state index contributed by atoms with van der Waals surface area (Å²) in [5, 5.41) is 11.2. The number of benzene rings is 1. The Morgan fingerprint density at radius 1 is 1.22 bits per heavy atom. The predicted octanol–water partition coefficient (Wildman–Crippen LogP) is 3.80. The molecule has 1 atom stereocenters. The van der Waals surface area contributed by atoms with E-state index in [9.17, 15) is 4.79 Å². The second-order valence-corrected chi connectivity index (χ2v) is 7.90. The van der Waals surface area contributed by atoms with E-state index in [0.29, 0.717) is 22.7 Å². The van der Waals surface area contributed by atoms with Gasteiger partial charge in [-0.3, -0.25) is 4.79 Å². The van der Waals surface area contributed by atoms with E-state index in [1.165, 1.54) is 16.4 Å². The standard InChI is InChI=1S/C19H23N5O2S/c1-11(2)14-8-5-7-12(3)16(14)21-18(25)13(4)27-19-23-22-17(24(19)20)15-9-6-10-26-15/h5-11,13H,20H2,1-4H3,(H,21,25)/t13-/m0/s1. The van der Waals surface area contributed by atoms with Gasteiger partial charge in [0.25, 0.3) is 0 Å². The number of para-hydroxylation sites is 1. The number of hydrogen-bond acceptors (Lipinski definition) is 6. The normalized spacial score (nSPS) is 12.3. The number of thioether (sulfide) groups is 1. The lowest BCUT2D eigenvalue weighted by atomic mass is 9.98. The lowest BCUT2D eigenvalue weighted by molar-refractivity contribution is -0.115. The van der Waals surface area contributed by atoms with Crippen LogP contribution in [0.3, 0.4) is 0 Å². The van der Waals surface area contributed by atoms with Crippen molar-refractivity contribution in [3.05, 3.63) is 47.7 Å². The van der Waals surface area contributed by atoms with Crippen molar-refractivity contribution in [1.82, 2.24) is 14.9 Å². The number of amides is 1. The Bertz CT molecular complexity index is 934. The molecule has 0 unspecified atom stereocenters. The monoisotopic (exact) mass is 385 g/mol. The van der Waals surface area contributed by atoms with Crippen LogP contribution in [0.5, 0.6) is 0 Å². The van der Waals surface area contributed by atoms with Crippen LogP contribution in [0.25, 0.3) is 11.6 Å². The minimum Gasteiger partial charge on any atom is -0.461 e. The van der Waals surface area contributed by atoms with Crippen LogP contribution in [0.15, 0.2) is 46.2 Å². The van der Waals surface area contributed by atoms with Crippen molar-refractivity contribution >= 4 is 23.4 Å². The van der Waals surface area contributed by atoms with E-state index in [4.69, 9.17) is 10.3 Å². The zero-order chi connectivity index (χ0) is 19.6. The second kappa shape index (κ2) is 7.87. The van der Waals surface area contributed by atoms with E-state index in [-0.39, 0.29) is 5.91 Å². The molecule has 142 valence electrons. The molecule has 0 spiro atoms. The molecule has 2 aromatic heterocycles. The van der Waals surface area contributed by atoms with Gasteiger partial charge >= 0.3 is 0 Å². The zero-order valence-electron chi connectivity index (χ0n) is 15.8. The largest absolute Gasteiger partial charge is 0.461 e. The minimum atomic E-state index is -0.402. The molecule has 3 rings (SSSR count). The predicted molar refractivity (Wildman–Crippen MR) is 107 cm³/mol. The van der Waals surface area contributed by atoms with Gasteiger partial charge in [0.2, 0.25) is 16.9 Å². The molecular weight excluding hydrogens is 362 g/mol. The molecule has 7 nitrogen and oxygen atoms in total. The van der Waals surface area contributed by atoms with Crippen LogP contribution in [0.1, 0.15) is 37.8 Å². The van der Waals surface area contributed by atoms with E-state index in [0.717, 1.165) is 16.8 Å². The average molecular weight is 385 g/mol. The Balaban J connectivity index is 1.74. The fourth-order valence-corrected chi connectivity index (χ4v) is 3.48. The van der Waals surface area contributed by atoms with Gasteiger partial charge in [-0.15, -0.1) is 10.2 Å². The summed E-state index contributed by atoms with van der Waals surface area (Å²) in [4.78, 5) is 12.7. The van der Waals surface area contributed by atoms with E-state index in [2.05, 4.69) is 29.4 Å². The van der Waals surface area contributed by atoms with Crippen molar-refractivity contribution in [2.75, 3.05) is 11.2 Å². The van der Waals surface area contributed by atoms with Crippen LogP contribution in [-0.4, -0.2) is 26.0 Å². The first-order valence-corrected chi connectivity index (χ1v) is 9.57. The summed E-state index contributed by atoms with van der Waals surface area (Å²) < 4.78 is 6.64. The number of rotatable bonds is 6. The molecule has 2 heterocycles. The number of aromatic nitrogens is 3. The molecule has 8 heteroatoms. The fraction of sp³-hybridized carbons (Fsp3) is 0.316. The first-order valence-electron chi connectivity index (χ1n) is 8.70.